The first-order valence-corrected chi connectivity index (χ1v) is 43.7. The van der Waals surface area contributed by atoms with E-state index in [-0.39, 0.29) is 12.2 Å². The first kappa shape index (κ1) is 87.5. The van der Waals surface area contributed by atoms with Crippen LogP contribution < -0.4 is 48.0 Å². The molecule has 2 saturated carbocycles. The molecule has 130 heavy (non-hydrogen) atoms. The van der Waals surface area contributed by atoms with Crippen molar-refractivity contribution < 1.29 is 42.4 Å². The zero-order valence-corrected chi connectivity index (χ0v) is 75.2. The lowest BCUT2D eigenvalue weighted by atomic mass is 10.1. The van der Waals surface area contributed by atoms with E-state index in [1.165, 1.54) is 25.7 Å². The van der Waals surface area contributed by atoms with Gasteiger partial charge in [-0.15, -0.1) is 11.6 Å². The van der Waals surface area contributed by atoms with Gasteiger partial charge in [-0.1, -0.05) is 17.3 Å². The third-order valence-electron chi connectivity index (χ3n) is 22.3. The zero-order chi connectivity index (χ0) is 89.7. The minimum Gasteiger partial charge on any atom is -0.497 e. The monoisotopic (exact) mass is 1760 g/mol. The second-order valence-electron chi connectivity index (χ2n) is 32.5. The van der Waals surface area contributed by atoms with Crippen molar-refractivity contribution in [3.8, 4) is 79.5 Å². The molecule has 31 heteroatoms. The van der Waals surface area contributed by atoms with E-state index in [1.807, 2.05) is 191 Å². The molecule has 0 amide bonds. The van der Waals surface area contributed by atoms with Crippen molar-refractivity contribution in [1.82, 2.24) is 84.2 Å². The van der Waals surface area contributed by atoms with Gasteiger partial charge in [0.1, 0.15) is 47.4 Å². The predicted molar refractivity (Wildman–Crippen MR) is 505 cm³/mol. The normalized spacial score (nSPS) is 13.4. The largest absolute Gasteiger partial charge is 0.497 e. The molecule has 0 bridgehead atoms. The Balaban J connectivity index is 0.000000122. The number of fused-ring (bicyclic) bond motifs is 4. The van der Waals surface area contributed by atoms with Crippen molar-refractivity contribution in [3.05, 3.63) is 250 Å². The number of anilines is 8. The van der Waals surface area contributed by atoms with Crippen LogP contribution in [0.15, 0.2) is 243 Å². The number of hydrogen-bond acceptors (Lipinski definition) is 26. The second-order valence-corrected chi connectivity index (χ2v) is 32.9. The van der Waals surface area contributed by atoms with Crippen LogP contribution in [0.5, 0.6) is 34.5 Å². The molecule has 0 spiro atoms. The van der Waals surface area contributed by atoms with Crippen LogP contribution in [0.25, 0.3) is 89.2 Å². The quantitative estimate of drug-likeness (QED) is 0.0378. The van der Waals surface area contributed by atoms with Gasteiger partial charge in [0.05, 0.1) is 184 Å². The minimum absolute atomic E-state index is 0.0642. The molecule has 1 unspecified atom stereocenters. The smallest absolute Gasteiger partial charge is 0.156 e. The summed E-state index contributed by atoms with van der Waals surface area (Å²) in [6, 6.07) is 54.7. The van der Waals surface area contributed by atoms with E-state index in [9.17, 15) is 0 Å². The van der Waals surface area contributed by atoms with Crippen molar-refractivity contribution in [1.29, 1.82) is 0 Å². The summed E-state index contributed by atoms with van der Waals surface area (Å²) in [5.74, 6) is 7.42. The number of aromatic nitrogens is 17. The highest BCUT2D eigenvalue weighted by atomic mass is 35.5. The standard InChI is InChI=1S/C26H28ClN5O2.C25H27N5O.C24H22N6O2.C24H25N5O4/c1-33-22-10-21(11-23(13-22)34-2)32(16-18-4-5-18)20-6-7-24-25(12-20)30-26(15-28-24)19-14-29-31(17-19)9-3-8-27;1-17(2)31-22-6-4-5-20(11-22)30(15-18-7-8-18)21-9-10-23-24(12-21)28-25(14-26-23)19-13-27-29(3)16-19;1-16-9-21(32-28-16)15-30(18-5-4-6-20(10-18)31-3)19-7-8-22-23(11-19)27-24(13-25-22)17-12-26-29(2)14-17;1-28-12-16(10-26-28)24-11-25-22-5-4-17(8-23(22)27-24)29(13-21-14-32-15-33-21)18-6-19(30-2)9-20(7-18)31-3/h6-7,10-15,17-18H,3-5,8-9,16H2,1-2H3;4-6,9-14,16-18H,7-8,15H2,1-3H3;4-14H,15H2,1-3H3;4-12,21H,13-15H2,1-3H3. The van der Waals surface area contributed by atoms with Gasteiger partial charge in [0.25, 0.3) is 0 Å². The van der Waals surface area contributed by atoms with Gasteiger partial charge in [0, 0.05) is 194 Å². The molecule has 3 aliphatic rings. The summed E-state index contributed by atoms with van der Waals surface area (Å²) in [6.07, 6.45) is 28.2. The Bertz CT molecular complexity index is 6720. The Morgan fingerprint density at radius 2 is 0.792 bits per heavy atom. The molecule has 20 rings (SSSR count). The average molecular weight is 1770 g/mol. The van der Waals surface area contributed by atoms with Gasteiger partial charge in [0.2, 0.25) is 0 Å². The Labute approximate surface area is 757 Å². The average Bonchev–Trinajstić information content (AvgIpc) is 1.47. The summed E-state index contributed by atoms with van der Waals surface area (Å²) in [7, 11) is 14.0. The van der Waals surface area contributed by atoms with Crippen LogP contribution >= 0.6 is 11.6 Å². The molecule has 9 aromatic heterocycles. The van der Waals surface area contributed by atoms with Crippen LogP contribution in [0.1, 0.15) is 57.4 Å². The van der Waals surface area contributed by atoms with E-state index < -0.39 is 0 Å². The van der Waals surface area contributed by atoms with Gasteiger partial charge in [0.15, 0.2) is 5.76 Å². The van der Waals surface area contributed by atoms with Gasteiger partial charge < -0.3 is 62.0 Å². The number of alkyl halides is 1. The van der Waals surface area contributed by atoms with Gasteiger partial charge in [-0.3, -0.25) is 38.7 Å². The molecule has 1 saturated heterocycles. The van der Waals surface area contributed by atoms with Crippen molar-refractivity contribution in [2.45, 2.75) is 78.2 Å². The SMILES string of the molecule is CC(C)Oc1cccc(N(CC2CC2)c2ccc3ncc(-c4cnn(C)c4)nc3c2)c1.COc1cc(OC)cc(N(CC2CC2)c2ccc3ncc(-c4cnn(CCCCl)c4)nc3c2)c1.COc1cc(OC)cc(N(CC2COCO2)c2ccc3ncc(-c4cnn(C)c4)nc3c2)c1.COc1cccc(N(Cc2cc(C)no2)c2ccc3ncc(-c4cnn(C)c4)nc3c2)c1. The van der Waals surface area contributed by atoms with Crippen molar-refractivity contribution in [2.24, 2.45) is 33.0 Å². The summed E-state index contributed by atoms with van der Waals surface area (Å²) < 4.78 is 57.3. The highest BCUT2D eigenvalue weighted by molar-refractivity contribution is 6.17. The molecular weight excluding hydrogens is 1660 g/mol. The highest BCUT2D eigenvalue weighted by Crippen LogP contribution is 2.43. The third kappa shape index (κ3) is 21.6. The first-order chi connectivity index (χ1) is 63.4. The van der Waals surface area contributed by atoms with Crippen molar-refractivity contribution >= 4 is 101 Å². The lowest BCUT2D eigenvalue weighted by molar-refractivity contribution is 0.0491. The van der Waals surface area contributed by atoms with Crippen molar-refractivity contribution in [3.63, 3.8) is 0 Å². The maximum absolute atomic E-state index is 5.94. The molecule has 664 valence electrons. The van der Waals surface area contributed by atoms with Crippen LogP contribution in [0.2, 0.25) is 0 Å². The molecule has 10 heterocycles. The molecule has 0 N–H and O–H groups in total. The number of hydrogen-bond donors (Lipinski definition) is 0. The molecule has 0 radical (unpaired) electrons. The van der Waals surface area contributed by atoms with E-state index >= 15 is 0 Å². The van der Waals surface area contributed by atoms with Crippen LogP contribution in [-0.4, -0.2) is 171 Å². The molecule has 30 nitrogen and oxygen atoms in total. The molecule has 8 aromatic carbocycles. The highest BCUT2D eigenvalue weighted by Gasteiger charge is 2.30. The van der Waals surface area contributed by atoms with Crippen LogP contribution in [-0.2, 0) is 43.7 Å². The molecule has 17 aromatic rings. The fraction of sp³-hybridized carbons (Fsp3) is 0.283. The maximum atomic E-state index is 5.94. The summed E-state index contributed by atoms with van der Waals surface area (Å²) in [4.78, 5) is 46.9. The summed E-state index contributed by atoms with van der Waals surface area (Å²) in [6.45, 7) is 10.7. The zero-order valence-electron chi connectivity index (χ0n) is 74.5. The van der Waals surface area contributed by atoms with Crippen LogP contribution in [0, 0.1) is 18.8 Å². The number of nitrogens with zero attached hydrogens (tertiary/aromatic N) is 21. The molecular formula is C99H102ClN21O9. The number of halogens is 1. The number of methoxy groups -OCH3 is 5. The first-order valence-electron chi connectivity index (χ1n) is 43.1. The van der Waals surface area contributed by atoms with E-state index in [4.69, 9.17) is 74.0 Å². The molecule has 3 fully saturated rings. The second kappa shape index (κ2) is 40.1. The van der Waals surface area contributed by atoms with Crippen LogP contribution in [0.3, 0.4) is 0 Å². The van der Waals surface area contributed by atoms with E-state index in [0.29, 0.717) is 49.8 Å². The summed E-state index contributed by atoms with van der Waals surface area (Å²) in [5.41, 5.74) is 22.6. The number of ether oxygens (including phenoxy) is 8. The van der Waals surface area contributed by atoms with E-state index in [2.05, 4.69) is 127 Å². The van der Waals surface area contributed by atoms with Gasteiger partial charge in [-0.2, -0.15) is 20.4 Å². The predicted octanol–water partition coefficient (Wildman–Crippen LogP) is 19.3. The third-order valence-corrected chi connectivity index (χ3v) is 22.6. The van der Waals surface area contributed by atoms with Gasteiger partial charge in [-0.25, -0.2) is 19.9 Å². The maximum Gasteiger partial charge on any atom is 0.156 e. The lowest BCUT2D eigenvalue weighted by Gasteiger charge is -2.28. The van der Waals surface area contributed by atoms with Gasteiger partial charge >= 0.3 is 0 Å². The molecule has 1 atom stereocenters. The van der Waals surface area contributed by atoms with E-state index in [0.717, 1.165) is 201 Å². The molecule has 1 aliphatic heterocycles. The summed E-state index contributed by atoms with van der Waals surface area (Å²) >= 11 is 5.81. The number of benzene rings is 8. The Kier molecular flexibility index (Phi) is 27.0. The Morgan fingerprint density at radius 1 is 0.408 bits per heavy atom. The molecule has 2 aliphatic carbocycles. The van der Waals surface area contributed by atoms with Crippen molar-refractivity contribution in [2.75, 3.05) is 94.1 Å². The van der Waals surface area contributed by atoms with Crippen LogP contribution in [0.4, 0.5) is 45.5 Å². The lowest BCUT2D eigenvalue weighted by Crippen LogP contribution is -2.30. The minimum atomic E-state index is -0.0642. The Morgan fingerprint density at radius 3 is 1.18 bits per heavy atom. The topological polar surface area (TPSA) is 287 Å². The van der Waals surface area contributed by atoms with E-state index in [1.54, 1.807) is 80.6 Å². The van der Waals surface area contributed by atoms with Gasteiger partial charge in [-0.05, 0) is 162 Å². The fourth-order valence-electron chi connectivity index (χ4n) is 15.3. The number of aryl methyl sites for hydroxylation is 5. The number of rotatable bonds is 30. The Hall–Kier alpha value is -14.6. The fourth-order valence-corrected chi connectivity index (χ4v) is 15.4. The summed E-state index contributed by atoms with van der Waals surface area (Å²) in [5, 5.41) is 21.2.